The van der Waals surface area contributed by atoms with E-state index in [-0.39, 0.29) is 23.0 Å². The van der Waals surface area contributed by atoms with Crippen LogP contribution < -0.4 is 5.32 Å². The minimum absolute atomic E-state index is 0.00847. The topological polar surface area (TPSA) is 96.2 Å². The van der Waals surface area contributed by atoms with Crippen molar-refractivity contribution in [3.05, 3.63) is 46.5 Å². The van der Waals surface area contributed by atoms with Gasteiger partial charge in [-0.05, 0) is 107 Å². The number of nitrogens with zero attached hydrogens (tertiary/aromatic N) is 1. The molecule has 3 rings (SSSR count). The lowest BCUT2D eigenvalue weighted by molar-refractivity contribution is 0.175. The van der Waals surface area contributed by atoms with Crippen LogP contribution in [-0.2, 0) is 19.3 Å². The summed E-state index contributed by atoms with van der Waals surface area (Å²) in [6, 6.07) is 7.56. The Balaban J connectivity index is 1.31. The van der Waals surface area contributed by atoms with Gasteiger partial charge in [0, 0.05) is 17.2 Å². The molecule has 2 aromatic carbocycles. The van der Waals surface area contributed by atoms with E-state index in [1.807, 2.05) is 6.07 Å². The first kappa shape index (κ1) is 26.2. The molecule has 188 valence electrons. The van der Waals surface area contributed by atoms with E-state index in [1.54, 1.807) is 25.1 Å². The molecule has 0 aromatic heterocycles. The maximum Gasteiger partial charge on any atom is 0.160 e. The summed E-state index contributed by atoms with van der Waals surface area (Å²) in [5.41, 5.74) is 3.58. The summed E-state index contributed by atoms with van der Waals surface area (Å²) in [5.74, 6) is 0.372. The third kappa shape index (κ3) is 7.03. The number of unbranched alkanes of at least 4 members (excludes halogenated alkanes) is 3. The standard InChI is InChI=1S/C28H42N2O4/c1-3-15-30(23-9-10-24-22(19-23)8-11-25(31)28(24)34)16-7-5-4-6-13-29-14-12-21-17-26(32)20(2)27(33)18-21/h8,11,17-18,23,29,31-34H,3-7,9-10,12-16,19H2,1-2H3/t23-/m0/s1. The molecule has 0 bridgehead atoms. The Morgan fingerprint density at radius 3 is 2.38 bits per heavy atom. The van der Waals surface area contributed by atoms with Crippen LogP contribution in [0.3, 0.4) is 0 Å². The Morgan fingerprint density at radius 2 is 1.65 bits per heavy atom. The minimum atomic E-state index is -0.00847. The minimum Gasteiger partial charge on any atom is -0.508 e. The lowest BCUT2D eigenvalue weighted by atomic mass is 9.86. The predicted molar refractivity (Wildman–Crippen MR) is 137 cm³/mol. The summed E-state index contributed by atoms with van der Waals surface area (Å²) in [6.07, 6.45) is 9.52. The normalized spacial score (nSPS) is 15.6. The molecule has 0 fully saturated rings. The smallest absolute Gasteiger partial charge is 0.160 e. The summed E-state index contributed by atoms with van der Waals surface area (Å²) in [7, 11) is 0. The van der Waals surface area contributed by atoms with E-state index in [4.69, 9.17) is 0 Å². The van der Waals surface area contributed by atoms with Crippen LogP contribution in [0.5, 0.6) is 23.0 Å². The molecular weight excluding hydrogens is 428 g/mol. The van der Waals surface area contributed by atoms with Gasteiger partial charge in [-0.1, -0.05) is 25.8 Å². The molecule has 1 aliphatic carbocycles. The first-order valence-corrected chi connectivity index (χ1v) is 12.9. The van der Waals surface area contributed by atoms with Gasteiger partial charge in [0.15, 0.2) is 11.5 Å². The Labute approximate surface area is 204 Å². The van der Waals surface area contributed by atoms with Gasteiger partial charge in [-0.2, -0.15) is 0 Å². The van der Waals surface area contributed by atoms with Gasteiger partial charge in [-0.15, -0.1) is 0 Å². The third-order valence-electron chi connectivity index (χ3n) is 7.12. The number of nitrogens with one attached hydrogen (secondary N) is 1. The molecule has 6 heteroatoms. The highest BCUT2D eigenvalue weighted by Crippen LogP contribution is 2.36. The Kier molecular flexibility index (Phi) is 9.90. The summed E-state index contributed by atoms with van der Waals surface area (Å²) >= 11 is 0. The molecule has 0 saturated carbocycles. The summed E-state index contributed by atoms with van der Waals surface area (Å²) in [5, 5.41) is 43.0. The number of benzene rings is 2. The lowest BCUT2D eigenvalue weighted by Gasteiger charge is -2.35. The van der Waals surface area contributed by atoms with E-state index in [2.05, 4.69) is 17.1 Å². The van der Waals surface area contributed by atoms with Gasteiger partial charge in [0.05, 0.1) is 0 Å². The van der Waals surface area contributed by atoms with Crippen molar-refractivity contribution in [2.24, 2.45) is 0 Å². The predicted octanol–water partition coefficient (Wildman–Crippen LogP) is 4.78. The van der Waals surface area contributed by atoms with E-state index >= 15 is 0 Å². The molecule has 1 atom stereocenters. The number of phenolic OH excluding ortho intramolecular Hbond substituents is 4. The fourth-order valence-corrected chi connectivity index (χ4v) is 5.04. The van der Waals surface area contributed by atoms with E-state index in [9.17, 15) is 20.4 Å². The van der Waals surface area contributed by atoms with Crippen LogP contribution >= 0.6 is 0 Å². The molecule has 0 amide bonds. The average molecular weight is 471 g/mol. The highest BCUT2D eigenvalue weighted by atomic mass is 16.3. The zero-order valence-corrected chi connectivity index (χ0v) is 20.8. The molecule has 0 radical (unpaired) electrons. The number of rotatable bonds is 13. The summed E-state index contributed by atoms with van der Waals surface area (Å²) < 4.78 is 0. The first-order valence-electron chi connectivity index (χ1n) is 12.9. The quantitative estimate of drug-likeness (QED) is 0.214. The molecule has 0 heterocycles. The van der Waals surface area contributed by atoms with Crippen molar-refractivity contribution in [3.63, 3.8) is 0 Å². The van der Waals surface area contributed by atoms with Crippen LogP contribution in [0.25, 0.3) is 0 Å². The summed E-state index contributed by atoms with van der Waals surface area (Å²) in [4.78, 5) is 2.62. The van der Waals surface area contributed by atoms with E-state index in [0.29, 0.717) is 11.6 Å². The SMILES string of the molecule is CCCN(CCCCCCNCCc1cc(O)c(C)c(O)c1)[C@H]1CCc2c(ccc(O)c2O)C1. The maximum atomic E-state index is 10.2. The Bertz CT molecular complexity index is 908. The van der Waals surface area contributed by atoms with Crippen LogP contribution in [-0.4, -0.2) is 57.5 Å². The molecule has 6 nitrogen and oxygen atoms in total. The summed E-state index contributed by atoms with van der Waals surface area (Å²) in [6.45, 7) is 7.99. The highest BCUT2D eigenvalue weighted by molar-refractivity contribution is 5.50. The molecule has 5 N–H and O–H groups in total. The molecule has 0 unspecified atom stereocenters. The van der Waals surface area contributed by atoms with E-state index in [0.717, 1.165) is 75.8 Å². The molecule has 0 saturated heterocycles. The van der Waals surface area contributed by atoms with Crippen molar-refractivity contribution >= 4 is 0 Å². The number of fused-ring (bicyclic) bond motifs is 1. The second kappa shape index (κ2) is 12.9. The van der Waals surface area contributed by atoms with Crippen LogP contribution in [0, 0.1) is 6.92 Å². The first-order chi connectivity index (χ1) is 16.4. The molecular formula is C28H42N2O4. The lowest BCUT2D eigenvalue weighted by Crippen LogP contribution is -2.40. The van der Waals surface area contributed by atoms with Gasteiger partial charge in [0.2, 0.25) is 0 Å². The number of hydrogen-bond donors (Lipinski definition) is 5. The zero-order chi connectivity index (χ0) is 24.5. The number of hydrogen-bond acceptors (Lipinski definition) is 6. The van der Waals surface area contributed by atoms with Crippen molar-refractivity contribution in [2.75, 3.05) is 26.2 Å². The maximum absolute atomic E-state index is 10.2. The van der Waals surface area contributed by atoms with Gasteiger partial charge in [0.1, 0.15) is 11.5 Å². The fraction of sp³-hybridized carbons (Fsp3) is 0.571. The molecule has 0 spiro atoms. The van der Waals surface area contributed by atoms with Crippen molar-refractivity contribution in [1.29, 1.82) is 0 Å². The monoisotopic (exact) mass is 470 g/mol. The van der Waals surface area contributed by atoms with Gasteiger partial charge >= 0.3 is 0 Å². The van der Waals surface area contributed by atoms with Crippen LogP contribution in [0.15, 0.2) is 24.3 Å². The highest BCUT2D eigenvalue weighted by Gasteiger charge is 2.26. The fourth-order valence-electron chi connectivity index (χ4n) is 5.04. The van der Waals surface area contributed by atoms with Crippen molar-refractivity contribution in [2.45, 2.75) is 77.7 Å². The van der Waals surface area contributed by atoms with Gasteiger partial charge in [-0.3, -0.25) is 0 Å². The van der Waals surface area contributed by atoms with Gasteiger partial charge < -0.3 is 30.6 Å². The Hall–Kier alpha value is -2.44. The van der Waals surface area contributed by atoms with Crippen molar-refractivity contribution in [3.8, 4) is 23.0 Å². The average Bonchev–Trinajstić information content (AvgIpc) is 2.82. The van der Waals surface area contributed by atoms with Gasteiger partial charge in [0.25, 0.3) is 0 Å². The number of phenols is 4. The second-order valence-corrected chi connectivity index (χ2v) is 9.68. The number of aromatic hydroxyl groups is 4. The van der Waals surface area contributed by atoms with Crippen LogP contribution in [0.1, 0.15) is 67.7 Å². The second-order valence-electron chi connectivity index (χ2n) is 9.68. The van der Waals surface area contributed by atoms with E-state index < -0.39 is 0 Å². The van der Waals surface area contributed by atoms with E-state index in [1.165, 1.54) is 24.8 Å². The molecule has 2 aromatic rings. The van der Waals surface area contributed by atoms with Crippen molar-refractivity contribution < 1.29 is 20.4 Å². The third-order valence-corrected chi connectivity index (χ3v) is 7.12. The molecule has 34 heavy (non-hydrogen) atoms. The molecule has 1 aliphatic rings. The van der Waals surface area contributed by atoms with Crippen molar-refractivity contribution in [1.82, 2.24) is 10.2 Å². The largest absolute Gasteiger partial charge is 0.508 e. The zero-order valence-electron chi connectivity index (χ0n) is 20.8. The molecule has 0 aliphatic heterocycles. The Morgan fingerprint density at radius 1 is 0.912 bits per heavy atom. The van der Waals surface area contributed by atoms with Gasteiger partial charge in [-0.25, -0.2) is 0 Å². The van der Waals surface area contributed by atoms with Crippen LogP contribution in [0.4, 0.5) is 0 Å². The van der Waals surface area contributed by atoms with Crippen LogP contribution in [0.2, 0.25) is 0 Å².